The summed E-state index contributed by atoms with van der Waals surface area (Å²) in [5.41, 5.74) is -5.04. The lowest BCUT2D eigenvalue weighted by molar-refractivity contribution is -0.362. The summed E-state index contributed by atoms with van der Waals surface area (Å²) in [5.74, 6) is -1.67. The fraction of sp³-hybridized carbons (Fsp3) is 0.333. The first-order valence-electron chi connectivity index (χ1n) is 7.01. The molecule has 2 rings (SSSR count). The number of carbonyl (C=O) groups excluding carboxylic acids is 1. The Morgan fingerprint density at radius 3 is 2.31 bits per heavy atom. The van der Waals surface area contributed by atoms with Crippen molar-refractivity contribution in [3.63, 3.8) is 0 Å². The molecule has 1 aromatic carbocycles. The van der Waals surface area contributed by atoms with Gasteiger partial charge >= 0.3 is 18.5 Å². The number of para-hydroxylation sites is 1. The highest BCUT2D eigenvalue weighted by Gasteiger charge is 2.43. The Labute approximate surface area is 141 Å². The van der Waals surface area contributed by atoms with Crippen LogP contribution in [0.5, 0.6) is 0 Å². The standard InChI is InChI=1S/C15H10F7NO3/c1-2-25-13(24)10-9(12(16)26-15(20,21)22)7-5-3-4-6-8(7)23-11(10)14(17,18)19/h3-6,12H,2H2,1H3. The first-order valence-corrected chi connectivity index (χ1v) is 7.01. The minimum absolute atomic E-state index is 0.389. The van der Waals surface area contributed by atoms with Gasteiger partial charge in [0, 0.05) is 10.9 Å². The predicted molar refractivity (Wildman–Crippen MR) is 73.7 cm³/mol. The molecule has 0 aliphatic carbocycles. The van der Waals surface area contributed by atoms with Crippen molar-refractivity contribution in [3.05, 3.63) is 41.1 Å². The first-order chi connectivity index (χ1) is 12.0. The molecule has 0 saturated heterocycles. The maximum Gasteiger partial charge on any atom is 0.525 e. The second-order valence-electron chi connectivity index (χ2n) is 4.86. The van der Waals surface area contributed by atoms with Crippen molar-refractivity contribution in [2.45, 2.75) is 25.8 Å². The second-order valence-corrected chi connectivity index (χ2v) is 4.86. The van der Waals surface area contributed by atoms with Crippen molar-refractivity contribution in [1.82, 2.24) is 4.98 Å². The number of ether oxygens (including phenoxy) is 2. The lowest BCUT2D eigenvalue weighted by Crippen LogP contribution is -2.23. The zero-order valence-electron chi connectivity index (χ0n) is 12.9. The van der Waals surface area contributed by atoms with E-state index in [0.717, 1.165) is 12.1 Å². The van der Waals surface area contributed by atoms with E-state index in [-0.39, 0.29) is 6.61 Å². The number of nitrogens with zero attached hydrogens (tertiary/aromatic N) is 1. The topological polar surface area (TPSA) is 48.4 Å². The van der Waals surface area contributed by atoms with Gasteiger partial charge < -0.3 is 4.74 Å². The summed E-state index contributed by atoms with van der Waals surface area (Å²) in [6, 6.07) is 4.54. The Kier molecular flexibility index (Phi) is 5.40. The lowest BCUT2D eigenvalue weighted by atomic mass is 9.99. The maximum atomic E-state index is 14.2. The summed E-state index contributed by atoms with van der Waals surface area (Å²) >= 11 is 0. The fourth-order valence-electron chi connectivity index (χ4n) is 2.26. The molecule has 1 heterocycles. The molecule has 4 nitrogen and oxygen atoms in total. The van der Waals surface area contributed by atoms with Gasteiger partial charge in [0.1, 0.15) is 0 Å². The van der Waals surface area contributed by atoms with Crippen LogP contribution in [0.2, 0.25) is 0 Å². The summed E-state index contributed by atoms with van der Waals surface area (Å²) in [7, 11) is 0. The number of esters is 1. The fourth-order valence-corrected chi connectivity index (χ4v) is 2.26. The molecule has 0 N–H and O–H groups in total. The Balaban J connectivity index is 2.87. The van der Waals surface area contributed by atoms with Gasteiger partial charge in [-0.3, -0.25) is 4.74 Å². The van der Waals surface area contributed by atoms with Crippen molar-refractivity contribution < 1.29 is 45.0 Å². The molecule has 1 atom stereocenters. The first kappa shape index (κ1) is 19.9. The zero-order chi connectivity index (χ0) is 19.7. The number of fused-ring (bicyclic) bond motifs is 1. The molecule has 0 amide bonds. The van der Waals surface area contributed by atoms with Crippen LogP contribution in [0.15, 0.2) is 24.3 Å². The molecule has 26 heavy (non-hydrogen) atoms. The molecule has 0 bridgehead atoms. The van der Waals surface area contributed by atoms with Gasteiger partial charge in [0.15, 0.2) is 5.69 Å². The molecule has 1 aromatic heterocycles. The molecule has 0 saturated carbocycles. The third-order valence-electron chi connectivity index (χ3n) is 3.14. The van der Waals surface area contributed by atoms with Gasteiger partial charge in [-0.05, 0) is 13.0 Å². The Morgan fingerprint density at radius 1 is 1.15 bits per heavy atom. The molecular formula is C15H10F7NO3. The number of rotatable bonds is 4. The molecule has 142 valence electrons. The minimum atomic E-state index is -5.49. The summed E-state index contributed by atoms with van der Waals surface area (Å²) in [5, 5.41) is -0.444. The van der Waals surface area contributed by atoms with E-state index in [4.69, 9.17) is 0 Å². The maximum absolute atomic E-state index is 14.2. The summed E-state index contributed by atoms with van der Waals surface area (Å²) < 4.78 is 99.0. The highest BCUT2D eigenvalue weighted by atomic mass is 19.4. The number of alkyl halides is 7. The molecule has 0 spiro atoms. The third kappa shape index (κ3) is 4.21. The molecule has 0 fully saturated rings. The molecule has 2 aromatic rings. The van der Waals surface area contributed by atoms with Gasteiger partial charge in [0.2, 0.25) is 6.36 Å². The van der Waals surface area contributed by atoms with Crippen LogP contribution in [-0.2, 0) is 15.7 Å². The largest absolute Gasteiger partial charge is 0.525 e. The Morgan fingerprint density at radius 2 is 1.77 bits per heavy atom. The second kappa shape index (κ2) is 7.06. The Hall–Kier alpha value is -2.43. The van der Waals surface area contributed by atoms with Crippen LogP contribution in [-0.4, -0.2) is 23.9 Å². The summed E-state index contributed by atoms with van der Waals surface area (Å²) in [6.45, 7) is 0.873. The number of aromatic nitrogens is 1. The van der Waals surface area contributed by atoms with Gasteiger partial charge in [0.05, 0.1) is 17.7 Å². The smallest absolute Gasteiger partial charge is 0.462 e. The van der Waals surface area contributed by atoms with Gasteiger partial charge in [0.25, 0.3) is 0 Å². The summed E-state index contributed by atoms with van der Waals surface area (Å²) in [6.07, 6.45) is -14.1. The van der Waals surface area contributed by atoms with E-state index in [1.54, 1.807) is 0 Å². The Bertz CT molecular complexity index is 817. The SMILES string of the molecule is CCOC(=O)c1c(C(F)(F)F)nc2ccccc2c1C(F)OC(F)(F)F. The monoisotopic (exact) mass is 385 g/mol. The van der Waals surface area contributed by atoms with Gasteiger partial charge in [-0.25, -0.2) is 14.2 Å². The van der Waals surface area contributed by atoms with Crippen molar-refractivity contribution >= 4 is 16.9 Å². The molecule has 11 heteroatoms. The van der Waals surface area contributed by atoms with E-state index in [2.05, 4.69) is 14.5 Å². The number of halogens is 7. The quantitative estimate of drug-likeness (QED) is 0.553. The highest BCUT2D eigenvalue weighted by Crippen LogP contribution is 2.40. The van der Waals surface area contributed by atoms with E-state index in [9.17, 15) is 35.5 Å². The number of hydrogen-bond donors (Lipinski definition) is 0. The van der Waals surface area contributed by atoms with E-state index in [1.165, 1.54) is 19.1 Å². The predicted octanol–water partition coefficient (Wildman–Crippen LogP) is 4.93. The third-order valence-corrected chi connectivity index (χ3v) is 3.14. The van der Waals surface area contributed by atoms with Crippen molar-refractivity contribution in [2.75, 3.05) is 6.61 Å². The van der Waals surface area contributed by atoms with Crippen LogP contribution in [0.3, 0.4) is 0 Å². The summed E-state index contributed by atoms with van der Waals surface area (Å²) in [4.78, 5) is 15.2. The average Bonchev–Trinajstić information content (AvgIpc) is 2.50. The van der Waals surface area contributed by atoms with Gasteiger partial charge in [-0.1, -0.05) is 18.2 Å². The van der Waals surface area contributed by atoms with E-state index < -0.39 is 52.6 Å². The van der Waals surface area contributed by atoms with Crippen LogP contribution in [0.25, 0.3) is 10.9 Å². The molecule has 1 unspecified atom stereocenters. The van der Waals surface area contributed by atoms with Crippen molar-refractivity contribution in [1.29, 1.82) is 0 Å². The zero-order valence-corrected chi connectivity index (χ0v) is 12.9. The van der Waals surface area contributed by atoms with E-state index in [0.29, 0.717) is 0 Å². The van der Waals surface area contributed by atoms with E-state index >= 15 is 0 Å². The van der Waals surface area contributed by atoms with Crippen molar-refractivity contribution in [2.24, 2.45) is 0 Å². The van der Waals surface area contributed by atoms with E-state index in [1.807, 2.05) is 0 Å². The van der Waals surface area contributed by atoms with Crippen LogP contribution in [0.1, 0.15) is 34.9 Å². The molecular weight excluding hydrogens is 375 g/mol. The minimum Gasteiger partial charge on any atom is -0.462 e. The number of benzene rings is 1. The van der Waals surface area contributed by atoms with Crippen molar-refractivity contribution in [3.8, 4) is 0 Å². The highest BCUT2D eigenvalue weighted by molar-refractivity contribution is 5.99. The van der Waals surface area contributed by atoms with Crippen LogP contribution >= 0.6 is 0 Å². The molecule has 0 aliphatic rings. The normalized spacial score (nSPS) is 13.7. The number of hydrogen-bond acceptors (Lipinski definition) is 4. The lowest BCUT2D eigenvalue weighted by Gasteiger charge is -2.20. The average molecular weight is 385 g/mol. The molecule has 0 radical (unpaired) electrons. The van der Waals surface area contributed by atoms with Gasteiger partial charge in [-0.2, -0.15) is 13.2 Å². The van der Waals surface area contributed by atoms with Crippen LogP contribution < -0.4 is 0 Å². The number of carbonyl (C=O) groups is 1. The van der Waals surface area contributed by atoms with Crippen LogP contribution in [0, 0.1) is 0 Å². The van der Waals surface area contributed by atoms with Crippen LogP contribution in [0.4, 0.5) is 30.7 Å². The molecule has 0 aliphatic heterocycles. The number of pyridine rings is 1. The van der Waals surface area contributed by atoms with Gasteiger partial charge in [-0.15, -0.1) is 13.2 Å².